The molecule has 0 spiro atoms. The summed E-state index contributed by atoms with van der Waals surface area (Å²) in [7, 11) is -7.74. The standard InChI is InChI=1S/C23H28F2N8O4S3/c1-13(2)40(36,37)33-14(3)9-31(10-15(33)4)17-7-16(39(34,35)30-23(12-26)5-6-23)11-32-18(17)8-27-20(32)22-29-28-21(38-22)19(24)25/h7-8,11,13-15,19,30H,5-6,9-10H2,1-4H3/t14-,15-/m0/s1. The Morgan fingerprint density at radius 2 is 1.80 bits per heavy atom. The quantitative estimate of drug-likeness (QED) is 0.403. The number of halogens is 2. The highest BCUT2D eigenvalue weighted by Crippen LogP contribution is 2.38. The third-order valence-corrected chi connectivity index (χ3v) is 12.0. The lowest BCUT2D eigenvalue weighted by Crippen LogP contribution is -2.60. The van der Waals surface area contributed by atoms with Crippen LogP contribution in [-0.4, -0.2) is 76.7 Å². The lowest BCUT2D eigenvalue weighted by Gasteiger charge is -2.45. The highest BCUT2D eigenvalue weighted by molar-refractivity contribution is 7.90. The van der Waals surface area contributed by atoms with Crippen LogP contribution in [0.3, 0.4) is 0 Å². The Morgan fingerprint density at radius 1 is 1.15 bits per heavy atom. The molecule has 1 aliphatic carbocycles. The molecule has 1 saturated heterocycles. The third kappa shape index (κ3) is 4.96. The first kappa shape index (κ1) is 28.7. The van der Waals surface area contributed by atoms with Gasteiger partial charge in [-0.3, -0.25) is 4.40 Å². The van der Waals surface area contributed by atoms with E-state index in [1.54, 1.807) is 27.7 Å². The van der Waals surface area contributed by atoms with Crippen molar-refractivity contribution in [3.8, 4) is 16.9 Å². The Balaban J connectivity index is 1.63. The fourth-order valence-electron chi connectivity index (χ4n) is 4.95. The van der Waals surface area contributed by atoms with Gasteiger partial charge in [0, 0.05) is 31.4 Å². The second-order valence-corrected chi connectivity index (χ2v) is 15.6. The molecule has 3 aromatic heterocycles. The number of alkyl halides is 2. The van der Waals surface area contributed by atoms with Crippen LogP contribution in [0.2, 0.25) is 0 Å². The molecule has 12 nitrogen and oxygen atoms in total. The lowest BCUT2D eigenvalue weighted by molar-refractivity contribution is 0.150. The van der Waals surface area contributed by atoms with Gasteiger partial charge in [0.25, 0.3) is 6.43 Å². The van der Waals surface area contributed by atoms with Gasteiger partial charge in [0.2, 0.25) is 20.0 Å². The van der Waals surface area contributed by atoms with E-state index in [-0.39, 0.29) is 28.8 Å². The van der Waals surface area contributed by atoms with Crippen LogP contribution in [0, 0.1) is 11.3 Å². The van der Waals surface area contributed by atoms with Crippen LogP contribution in [0.4, 0.5) is 14.5 Å². The first-order valence-electron chi connectivity index (χ1n) is 12.5. The molecule has 40 heavy (non-hydrogen) atoms. The molecule has 0 amide bonds. The number of nitrogens with zero attached hydrogens (tertiary/aromatic N) is 7. The number of hydrogen-bond acceptors (Lipinski definition) is 10. The van der Waals surface area contributed by atoms with Crippen molar-refractivity contribution in [2.24, 2.45) is 0 Å². The SMILES string of the molecule is CC(C)S(=O)(=O)N1[C@@H](C)CN(c2cc(S(=O)(=O)NC3(C#N)CC3)cn3c(-c4nnc(C(F)F)s4)ncc23)C[C@@H]1C. The molecule has 216 valence electrons. The number of piperazine rings is 1. The van der Waals surface area contributed by atoms with Gasteiger partial charge >= 0.3 is 0 Å². The number of nitriles is 1. The summed E-state index contributed by atoms with van der Waals surface area (Å²) in [5.41, 5.74) is -0.234. The third-order valence-electron chi connectivity index (χ3n) is 7.09. The molecule has 0 unspecified atom stereocenters. The van der Waals surface area contributed by atoms with E-state index in [9.17, 15) is 30.9 Å². The zero-order chi connectivity index (χ0) is 29.2. The van der Waals surface area contributed by atoms with Gasteiger partial charge in [0.15, 0.2) is 15.8 Å². The summed E-state index contributed by atoms with van der Waals surface area (Å²) in [5.74, 6) is 0.126. The van der Waals surface area contributed by atoms with E-state index < -0.39 is 54.4 Å². The Labute approximate surface area is 234 Å². The number of imidazole rings is 1. The zero-order valence-corrected chi connectivity index (χ0v) is 24.6. The van der Waals surface area contributed by atoms with E-state index in [0.717, 1.165) is 0 Å². The molecule has 2 fully saturated rings. The van der Waals surface area contributed by atoms with Crippen LogP contribution in [0.25, 0.3) is 16.3 Å². The van der Waals surface area contributed by atoms with Gasteiger partial charge in [0.05, 0.1) is 28.7 Å². The maximum Gasteiger partial charge on any atom is 0.291 e. The Morgan fingerprint density at radius 3 is 2.33 bits per heavy atom. The fraction of sp³-hybridized carbons (Fsp3) is 0.565. The molecular formula is C23H28F2N8O4S3. The van der Waals surface area contributed by atoms with Crippen molar-refractivity contribution in [3.63, 3.8) is 0 Å². The van der Waals surface area contributed by atoms with Crippen LogP contribution in [0.5, 0.6) is 0 Å². The van der Waals surface area contributed by atoms with E-state index >= 15 is 0 Å². The maximum atomic E-state index is 13.4. The van der Waals surface area contributed by atoms with Crippen LogP contribution in [-0.2, 0) is 20.0 Å². The number of aromatic nitrogens is 4. The Bertz CT molecular complexity index is 1700. The Kier molecular flexibility index (Phi) is 7.14. The number of hydrogen-bond donors (Lipinski definition) is 1. The molecule has 5 rings (SSSR count). The molecule has 0 aromatic carbocycles. The van der Waals surface area contributed by atoms with Crippen LogP contribution in [0.1, 0.15) is 52.0 Å². The van der Waals surface area contributed by atoms with Gasteiger partial charge in [-0.1, -0.05) is 11.3 Å². The van der Waals surface area contributed by atoms with Gasteiger partial charge in [0.1, 0.15) is 10.4 Å². The molecule has 2 aliphatic rings. The van der Waals surface area contributed by atoms with E-state index in [1.165, 1.54) is 27.2 Å². The minimum Gasteiger partial charge on any atom is -0.367 e. The second kappa shape index (κ2) is 9.94. The summed E-state index contributed by atoms with van der Waals surface area (Å²) in [5, 5.41) is 15.8. The van der Waals surface area contributed by atoms with E-state index in [0.29, 0.717) is 35.4 Å². The largest absolute Gasteiger partial charge is 0.367 e. The summed E-state index contributed by atoms with van der Waals surface area (Å²) in [6.45, 7) is 7.36. The second-order valence-electron chi connectivity index (χ2n) is 10.5. The van der Waals surface area contributed by atoms with Gasteiger partial charge in [-0.15, -0.1) is 10.2 Å². The lowest BCUT2D eigenvalue weighted by atomic mass is 10.1. The average molecular weight is 615 g/mol. The van der Waals surface area contributed by atoms with Gasteiger partial charge < -0.3 is 4.90 Å². The number of rotatable bonds is 8. The molecule has 1 saturated carbocycles. The van der Waals surface area contributed by atoms with Crippen molar-refractivity contribution < 1.29 is 25.6 Å². The van der Waals surface area contributed by atoms with Crippen molar-refractivity contribution in [2.75, 3.05) is 18.0 Å². The number of anilines is 1. The highest BCUT2D eigenvalue weighted by Gasteiger charge is 2.47. The van der Waals surface area contributed by atoms with Crippen LogP contribution >= 0.6 is 11.3 Å². The van der Waals surface area contributed by atoms with Crippen molar-refractivity contribution in [1.82, 2.24) is 28.6 Å². The van der Waals surface area contributed by atoms with Gasteiger partial charge in [-0.05, 0) is 46.6 Å². The van der Waals surface area contributed by atoms with Crippen LogP contribution in [0.15, 0.2) is 23.4 Å². The molecule has 2 atom stereocenters. The van der Waals surface area contributed by atoms with E-state index in [4.69, 9.17) is 0 Å². The van der Waals surface area contributed by atoms with Gasteiger partial charge in [-0.25, -0.2) is 30.6 Å². The maximum absolute atomic E-state index is 13.4. The minimum atomic E-state index is -4.18. The van der Waals surface area contributed by atoms with E-state index in [1.807, 2.05) is 11.0 Å². The predicted molar refractivity (Wildman–Crippen MR) is 144 cm³/mol. The highest BCUT2D eigenvalue weighted by atomic mass is 32.2. The predicted octanol–water partition coefficient (Wildman–Crippen LogP) is 2.76. The molecule has 0 bridgehead atoms. The molecular weight excluding hydrogens is 587 g/mol. The van der Waals surface area contributed by atoms with Crippen molar-refractivity contribution in [1.29, 1.82) is 5.26 Å². The van der Waals surface area contributed by atoms with Crippen molar-refractivity contribution >= 4 is 42.6 Å². The summed E-state index contributed by atoms with van der Waals surface area (Å²) < 4.78 is 84.8. The van der Waals surface area contributed by atoms with E-state index in [2.05, 4.69) is 19.9 Å². The summed E-state index contributed by atoms with van der Waals surface area (Å²) in [6, 6.07) is 2.62. The smallest absolute Gasteiger partial charge is 0.291 e. The van der Waals surface area contributed by atoms with Crippen molar-refractivity contribution in [2.45, 2.75) is 74.7 Å². The topological polar surface area (TPSA) is 154 Å². The number of sulfonamides is 2. The summed E-state index contributed by atoms with van der Waals surface area (Å²) >= 11 is 0.648. The molecule has 3 aromatic rings. The minimum absolute atomic E-state index is 0.0778. The monoisotopic (exact) mass is 614 g/mol. The van der Waals surface area contributed by atoms with Crippen LogP contribution < -0.4 is 9.62 Å². The molecule has 4 heterocycles. The fourth-order valence-corrected chi connectivity index (χ4v) is 8.66. The van der Waals surface area contributed by atoms with Crippen molar-refractivity contribution in [3.05, 3.63) is 23.5 Å². The molecule has 1 N–H and O–H groups in total. The molecule has 17 heteroatoms. The van der Waals surface area contributed by atoms with Gasteiger partial charge in [-0.2, -0.15) is 14.3 Å². The average Bonchev–Trinajstić information content (AvgIpc) is 3.25. The summed E-state index contributed by atoms with van der Waals surface area (Å²) in [6.07, 6.45) is 0.748. The molecule has 1 aliphatic heterocycles. The number of pyridine rings is 1. The zero-order valence-electron chi connectivity index (χ0n) is 22.1. The normalized spacial score (nSPS) is 21.8. The first-order valence-corrected chi connectivity index (χ1v) is 16.3. The Hall–Kier alpha value is -2.78. The first-order chi connectivity index (χ1) is 18.7. The molecule has 0 radical (unpaired) electrons. The number of nitrogens with one attached hydrogen (secondary N) is 1. The number of fused-ring (bicyclic) bond motifs is 1. The summed E-state index contributed by atoms with van der Waals surface area (Å²) in [4.78, 5) is 6.09.